The van der Waals surface area contributed by atoms with E-state index in [0.29, 0.717) is 22.8 Å². The van der Waals surface area contributed by atoms with Gasteiger partial charge in [0.25, 0.3) is 5.91 Å². The zero-order valence-electron chi connectivity index (χ0n) is 14.7. The molecule has 1 N–H and O–H groups in total. The molecule has 2 rings (SSSR count). The number of halogens is 1. The lowest BCUT2D eigenvalue weighted by molar-refractivity contribution is -0.143. The van der Waals surface area contributed by atoms with Gasteiger partial charge in [0.2, 0.25) is 0 Å². The number of nitrogens with zero attached hydrogens (tertiary/aromatic N) is 2. The van der Waals surface area contributed by atoms with Crippen molar-refractivity contribution >= 4 is 23.5 Å². The van der Waals surface area contributed by atoms with E-state index in [2.05, 4.69) is 10.4 Å². The molecule has 0 saturated carbocycles. The number of esters is 1. The summed E-state index contributed by atoms with van der Waals surface area (Å²) in [5, 5.41) is 7.73. The quantitative estimate of drug-likeness (QED) is 0.800. The number of aromatic nitrogens is 2. The number of aryl methyl sites for hydroxylation is 1. The molecule has 0 fully saturated rings. The fourth-order valence-corrected chi connectivity index (χ4v) is 2.63. The molecule has 0 aliphatic heterocycles. The van der Waals surface area contributed by atoms with E-state index in [-0.39, 0.29) is 11.8 Å². The first-order chi connectivity index (χ1) is 11.8. The Morgan fingerprint density at radius 1 is 1.28 bits per heavy atom. The highest BCUT2D eigenvalue weighted by atomic mass is 35.5. The van der Waals surface area contributed by atoms with Crippen molar-refractivity contribution in [3.8, 4) is 11.3 Å². The zero-order valence-corrected chi connectivity index (χ0v) is 15.5. The summed E-state index contributed by atoms with van der Waals surface area (Å²) < 4.78 is 6.27. The second-order valence-corrected chi connectivity index (χ2v) is 6.66. The first-order valence-corrected chi connectivity index (χ1v) is 8.38. The molecule has 2 aromatic rings. The van der Waals surface area contributed by atoms with Gasteiger partial charge in [-0.3, -0.25) is 9.48 Å². The number of hydrogen-bond acceptors (Lipinski definition) is 4. The molecule has 0 bridgehead atoms. The summed E-state index contributed by atoms with van der Waals surface area (Å²) in [6, 6.07) is 8.20. The lowest BCUT2D eigenvalue weighted by Gasteiger charge is -2.18. The zero-order chi connectivity index (χ0) is 18.6. The summed E-state index contributed by atoms with van der Waals surface area (Å²) in [4.78, 5) is 24.5. The van der Waals surface area contributed by atoms with E-state index in [1.54, 1.807) is 25.2 Å². The Labute approximate surface area is 152 Å². The average molecular weight is 364 g/mol. The standard InChI is InChI=1S/C18H22ClN3O3/c1-11(2)9-15(18(24)25-4)20-17(23)16-10-14(21-22(16)3)12-5-7-13(19)8-6-12/h5-8,10-11,15H,9H2,1-4H3,(H,20,23)/t15-/m1/s1. The first kappa shape index (κ1) is 19.0. The molecular weight excluding hydrogens is 342 g/mol. The normalized spacial score (nSPS) is 12.1. The third-order valence-corrected chi connectivity index (χ3v) is 4.00. The average Bonchev–Trinajstić information content (AvgIpc) is 2.95. The van der Waals surface area contributed by atoms with Crippen LogP contribution in [0.25, 0.3) is 11.3 Å². The van der Waals surface area contributed by atoms with Gasteiger partial charge in [0.05, 0.1) is 12.8 Å². The van der Waals surface area contributed by atoms with Crippen LogP contribution < -0.4 is 5.32 Å². The summed E-state index contributed by atoms with van der Waals surface area (Å²) >= 11 is 5.89. The van der Waals surface area contributed by atoms with Crippen LogP contribution in [-0.4, -0.2) is 34.8 Å². The van der Waals surface area contributed by atoms with E-state index in [1.165, 1.54) is 11.8 Å². The summed E-state index contributed by atoms with van der Waals surface area (Å²) in [5.41, 5.74) is 1.87. The Hall–Kier alpha value is -2.34. The molecule has 1 amide bonds. The van der Waals surface area contributed by atoms with Gasteiger partial charge < -0.3 is 10.1 Å². The molecule has 0 radical (unpaired) electrons. The van der Waals surface area contributed by atoms with Crippen molar-refractivity contribution < 1.29 is 14.3 Å². The van der Waals surface area contributed by atoms with Crippen LogP contribution in [0, 0.1) is 5.92 Å². The van der Waals surface area contributed by atoms with Crippen LogP contribution >= 0.6 is 11.6 Å². The molecule has 1 heterocycles. The van der Waals surface area contributed by atoms with Crippen molar-refractivity contribution in [2.45, 2.75) is 26.3 Å². The van der Waals surface area contributed by atoms with Gasteiger partial charge in [-0.2, -0.15) is 5.10 Å². The Bertz CT molecular complexity index is 753. The van der Waals surface area contributed by atoms with Gasteiger partial charge in [0, 0.05) is 17.6 Å². The Kier molecular flexibility index (Phi) is 6.20. The number of hydrogen-bond donors (Lipinski definition) is 1. The van der Waals surface area contributed by atoms with Crippen LogP contribution in [0.1, 0.15) is 30.8 Å². The number of methoxy groups -OCH3 is 1. The Balaban J connectivity index is 2.21. The maximum Gasteiger partial charge on any atom is 0.328 e. The second-order valence-electron chi connectivity index (χ2n) is 6.22. The van der Waals surface area contributed by atoms with Gasteiger partial charge in [0.15, 0.2) is 0 Å². The van der Waals surface area contributed by atoms with Crippen LogP contribution in [0.3, 0.4) is 0 Å². The largest absolute Gasteiger partial charge is 0.467 e. The van der Waals surface area contributed by atoms with E-state index in [4.69, 9.17) is 16.3 Å². The number of nitrogens with one attached hydrogen (secondary N) is 1. The van der Waals surface area contributed by atoms with E-state index < -0.39 is 12.0 Å². The first-order valence-electron chi connectivity index (χ1n) is 8.00. The number of rotatable bonds is 6. The van der Waals surface area contributed by atoms with Crippen molar-refractivity contribution in [1.29, 1.82) is 0 Å². The van der Waals surface area contributed by atoms with Gasteiger partial charge >= 0.3 is 5.97 Å². The monoisotopic (exact) mass is 363 g/mol. The van der Waals surface area contributed by atoms with E-state index >= 15 is 0 Å². The fourth-order valence-electron chi connectivity index (χ4n) is 2.50. The van der Waals surface area contributed by atoms with Crippen molar-refractivity contribution in [2.75, 3.05) is 7.11 Å². The predicted octanol–water partition coefficient (Wildman–Crippen LogP) is 3.06. The highest BCUT2D eigenvalue weighted by Gasteiger charge is 2.25. The molecule has 1 aromatic carbocycles. The third kappa shape index (κ3) is 4.82. The van der Waals surface area contributed by atoms with Crippen molar-refractivity contribution in [1.82, 2.24) is 15.1 Å². The molecule has 0 aliphatic carbocycles. The summed E-state index contributed by atoms with van der Waals surface area (Å²) in [6.45, 7) is 3.95. The molecule has 1 atom stereocenters. The minimum Gasteiger partial charge on any atom is -0.467 e. The fraction of sp³-hybridized carbons (Fsp3) is 0.389. The SMILES string of the molecule is COC(=O)[C@@H](CC(C)C)NC(=O)c1cc(-c2ccc(Cl)cc2)nn1C. The van der Waals surface area contributed by atoms with E-state index in [0.717, 1.165) is 5.56 Å². The van der Waals surface area contributed by atoms with Crippen LogP contribution in [-0.2, 0) is 16.6 Å². The van der Waals surface area contributed by atoms with Gasteiger partial charge in [-0.1, -0.05) is 37.6 Å². The van der Waals surface area contributed by atoms with Crippen LogP contribution in [0.5, 0.6) is 0 Å². The van der Waals surface area contributed by atoms with Crippen LogP contribution in [0.15, 0.2) is 30.3 Å². The molecule has 0 spiro atoms. The lowest BCUT2D eigenvalue weighted by atomic mass is 10.0. The topological polar surface area (TPSA) is 73.2 Å². The Morgan fingerprint density at radius 3 is 2.48 bits per heavy atom. The molecule has 1 aromatic heterocycles. The summed E-state index contributed by atoms with van der Waals surface area (Å²) in [6.07, 6.45) is 0.500. The van der Waals surface area contributed by atoms with Crippen molar-refractivity contribution in [3.05, 3.63) is 41.0 Å². The molecule has 0 unspecified atom stereocenters. The number of benzene rings is 1. The molecule has 7 heteroatoms. The number of carbonyl (C=O) groups is 2. The molecule has 134 valence electrons. The minimum absolute atomic E-state index is 0.237. The highest BCUT2D eigenvalue weighted by Crippen LogP contribution is 2.21. The number of amides is 1. The summed E-state index contributed by atoms with van der Waals surface area (Å²) in [7, 11) is 2.99. The molecule has 25 heavy (non-hydrogen) atoms. The molecular formula is C18H22ClN3O3. The second kappa shape index (κ2) is 8.16. The van der Waals surface area contributed by atoms with Gasteiger partial charge in [0.1, 0.15) is 11.7 Å². The van der Waals surface area contributed by atoms with Gasteiger partial charge in [-0.05, 0) is 30.5 Å². The molecule has 6 nitrogen and oxygen atoms in total. The van der Waals surface area contributed by atoms with Crippen LogP contribution in [0.2, 0.25) is 5.02 Å². The summed E-state index contributed by atoms with van der Waals surface area (Å²) in [5.74, 6) is -0.589. The molecule has 0 saturated heterocycles. The smallest absolute Gasteiger partial charge is 0.328 e. The number of carbonyl (C=O) groups excluding carboxylic acids is 2. The maximum atomic E-state index is 12.6. The van der Waals surface area contributed by atoms with E-state index in [9.17, 15) is 9.59 Å². The third-order valence-electron chi connectivity index (χ3n) is 3.75. The molecule has 0 aliphatic rings. The maximum absolute atomic E-state index is 12.6. The number of ether oxygens (including phenoxy) is 1. The predicted molar refractivity (Wildman–Crippen MR) is 96.4 cm³/mol. The van der Waals surface area contributed by atoms with E-state index in [1.807, 2.05) is 26.0 Å². The lowest BCUT2D eigenvalue weighted by Crippen LogP contribution is -2.42. The van der Waals surface area contributed by atoms with Crippen molar-refractivity contribution in [2.24, 2.45) is 13.0 Å². The Morgan fingerprint density at radius 2 is 1.92 bits per heavy atom. The minimum atomic E-state index is -0.689. The van der Waals surface area contributed by atoms with Crippen LogP contribution in [0.4, 0.5) is 0 Å². The highest BCUT2D eigenvalue weighted by molar-refractivity contribution is 6.30. The van der Waals surface area contributed by atoms with Crippen molar-refractivity contribution in [3.63, 3.8) is 0 Å². The van der Waals surface area contributed by atoms with Gasteiger partial charge in [-0.15, -0.1) is 0 Å². The van der Waals surface area contributed by atoms with Gasteiger partial charge in [-0.25, -0.2) is 4.79 Å².